The summed E-state index contributed by atoms with van der Waals surface area (Å²) in [5.41, 5.74) is -1.04. The van der Waals surface area contributed by atoms with Crippen LogP contribution in [0.1, 0.15) is 21.5 Å². The van der Waals surface area contributed by atoms with Crippen molar-refractivity contribution in [3.05, 3.63) is 71.3 Å². The van der Waals surface area contributed by atoms with Crippen molar-refractivity contribution in [2.45, 2.75) is 5.41 Å². The van der Waals surface area contributed by atoms with Crippen LogP contribution in [0.5, 0.6) is 0 Å². The van der Waals surface area contributed by atoms with Crippen LogP contribution in [0.2, 0.25) is 0 Å². The smallest absolute Gasteiger partial charge is 0.316 e. The lowest BCUT2D eigenvalue weighted by atomic mass is 9.70. The number of hydrogen-bond donors (Lipinski definition) is 4. The molecule has 0 aromatic heterocycles. The molecule has 2 aromatic rings. The molecule has 0 saturated carbocycles. The summed E-state index contributed by atoms with van der Waals surface area (Å²) in [5.74, 6) is -2.78. The van der Waals surface area contributed by atoms with Gasteiger partial charge in [0.2, 0.25) is 0 Å². The fraction of sp³-hybridized carbons (Fsp3) is 0.263. The molecule has 0 heterocycles. The normalized spacial score (nSPS) is 13.4. The molecule has 132 valence electrons. The SMILES string of the molecule is O=C(c1ccccc1)c1cccc([C@](CO)(C(=O)O)C(CO)CO)c1. The topological polar surface area (TPSA) is 115 Å². The van der Waals surface area contributed by atoms with E-state index in [1.165, 1.54) is 18.2 Å². The highest BCUT2D eigenvalue weighted by Gasteiger charge is 2.47. The molecule has 2 rings (SSSR count). The number of carboxylic acid groups (broad SMARTS) is 1. The second kappa shape index (κ2) is 8.02. The molecule has 6 heteroatoms. The van der Waals surface area contributed by atoms with Gasteiger partial charge in [-0.15, -0.1) is 0 Å². The maximum absolute atomic E-state index is 12.6. The van der Waals surface area contributed by atoms with Crippen molar-refractivity contribution in [3.8, 4) is 0 Å². The first kappa shape index (κ1) is 18.8. The Morgan fingerprint density at radius 2 is 1.48 bits per heavy atom. The molecular weight excluding hydrogens is 324 g/mol. The zero-order valence-electron chi connectivity index (χ0n) is 13.5. The minimum Gasteiger partial charge on any atom is -0.481 e. The van der Waals surface area contributed by atoms with Crippen molar-refractivity contribution in [1.82, 2.24) is 0 Å². The van der Waals surface area contributed by atoms with Crippen LogP contribution in [0, 0.1) is 5.92 Å². The fourth-order valence-electron chi connectivity index (χ4n) is 2.89. The third kappa shape index (κ3) is 3.46. The van der Waals surface area contributed by atoms with Gasteiger partial charge in [0, 0.05) is 30.3 Å². The molecule has 0 unspecified atom stereocenters. The molecule has 6 nitrogen and oxygen atoms in total. The van der Waals surface area contributed by atoms with Gasteiger partial charge >= 0.3 is 5.97 Å². The van der Waals surface area contributed by atoms with Gasteiger partial charge in [0.05, 0.1) is 6.61 Å². The molecule has 0 aliphatic heterocycles. The van der Waals surface area contributed by atoms with E-state index < -0.39 is 37.1 Å². The Kier molecular flexibility index (Phi) is 6.03. The largest absolute Gasteiger partial charge is 0.481 e. The molecule has 0 aliphatic carbocycles. The number of benzene rings is 2. The van der Waals surface area contributed by atoms with Gasteiger partial charge in [-0.25, -0.2) is 0 Å². The third-order valence-electron chi connectivity index (χ3n) is 4.44. The van der Waals surface area contributed by atoms with Gasteiger partial charge in [-0.05, 0) is 11.6 Å². The van der Waals surface area contributed by atoms with Crippen molar-refractivity contribution in [2.75, 3.05) is 19.8 Å². The minimum atomic E-state index is -1.91. The van der Waals surface area contributed by atoms with Crippen LogP contribution in [0.25, 0.3) is 0 Å². The number of carbonyl (C=O) groups excluding carboxylic acids is 1. The van der Waals surface area contributed by atoms with E-state index in [0.29, 0.717) is 5.56 Å². The summed E-state index contributed by atoms with van der Waals surface area (Å²) in [5, 5.41) is 38.4. The first-order valence-corrected chi connectivity index (χ1v) is 7.77. The van der Waals surface area contributed by atoms with Crippen LogP contribution in [0.3, 0.4) is 0 Å². The average molecular weight is 344 g/mol. The summed E-state index contributed by atoms with van der Waals surface area (Å²) >= 11 is 0. The van der Waals surface area contributed by atoms with E-state index in [9.17, 15) is 30.0 Å². The van der Waals surface area contributed by atoms with Crippen molar-refractivity contribution < 1.29 is 30.0 Å². The van der Waals surface area contributed by atoms with Crippen LogP contribution in [0.15, 0.2) is 54.6 Å². The summed E-state index contributed by atoms with van der Waals surface area (Å²) in [6.45, 7) is -2.07. The number of aliphatic hydroxyl groups excluding tert-OH is 3. The standard InChI is InChI=1S/C19H20O6/c20-10-16(11-21)19(12-22,18(24)25)15-8-4-7-14(9-15)17(23)13-5-2-1-3-6-13/h1-9,16,20-22H,10-12H2,(H,24,25)/t19-/m0/s1. The molecule has 0 fully saturated rings. The molecule has 0 aliphatic rings. The highest BCUT2D eigenvalue weighted by molar-refractivity contribution is 6.09. The first-order chi connectivity index (χ1) is 12.0. The first-order valence-electron chi connectivity index (χ1n) is 7.77. The van der Waals surface area contributed by atoms with Crippen LogP contribution in [-0.2, 0) is 10.2 Å². The second-order valence-corrected chi connectivity index (χ2v) is 5.77. The Morgan fingerprint density at radius 3 is 2.00 bits per heavy atom. The summed E-state index contributed by atoms with van der Waals surface area (Å²) in [7, 11) is 0. The fourth-order valence-corrected chi connectivity index (χ4v) is 2.89. The molecule has 4 N–H and O–H groups in total. The maximum atomic E-state index is 12.6. The van der Waals surface area contributed by atoms with E-state index in [4.69, 9.17) is 0 Å². The van der Waals surface area contributed by atoms with E-state index in [1.807, 2.05) is 0 Å². The van der Waals surface area contributed by atoms with Crippen molar-refractivity contribution in [2.24, 2.45) is 5.92 Å². The number of ketones is 1. The van der Waals surface area contributed by atoms with Gasteiger partial charge in [-0.3, -0.25) is 9.59 Å². The summed E-state index contributed by atoms with van der Waals surface area (Å²) in [4.78, 5) is 24.5. The Balaban J connectivity index is 2.54. The van der Waals surface area contributed by atoms with Gasteiger partial charge in [-0.2, -0.15) is 0 Å². The number of aliphatic carboxylic acids is 1. The summed E-state index contributed by atoms with van der Waals surface area (Å²) < 4.78 is 0. The van der Waals surface area contributed by atoms with Crippen molar-refractivity contribution >= 4 is 11.8 Å². The number of rotatable bonds is 8. The number of carbonyl (C=O) groups is 2. The minimum absolute atomic E-state index is 0.150. The van der Waals surface area contributed by atoms with Crippen molar-refractivity contribution in [3.63, 3.8) is 0 Å². The van der Waals surface area contributed by atoms with Gasteiger partial charge in [0.15, 0.2) is 5.78 Å². The highest BCUT2D eigenvalue weighted by Crippen LogP contribution is 2.33. The lowest BCUT2D eigenvalue weighted by Gasteiger charge is -2.34. The van der Waals surface area contributed by atoms with Crippen LogP contribution in [-0.4, -0.2) is 52.0 Å². The molecule has 0 saturated heterocycles. The summed E-state index contributed by atoms with van der Waals surface area (Å²) in [6.07, 6.45) is 0. The van der Waals surface area contributed by atoms with Crippen LogP contribution < -0.4 is 0 Å². The Morgan fingerprint density at radius 1 is 0.880 bits per heavy atom. The maximum Gasteiger partial charge on any atom is 0.316 e. The third-order valence-corrected chi connectivity index (χ3v) is 4.44. The molecular formula is C19H20O6. The predicted molar refractivity (Wildman–Crippen MR) is 90.4 cm³/mol. The van der Waals surface area contributed by atoms with E-state index in [2.05, 4.69) is 0 Å². The van der Waals surface area contributed by atoms with Gasteiger partial charge in [-0.1, -0.05) is 48.5 Å². The zero-order valence-corrected chi connectivity index (χ0v) is 13.5. The monoisotopic (exact) mass is 344 g/mol. The van der Waals surface area contributed by atoms with Crippen LogP contribution >= 0.6 is 0 Å². The zero-order chi connectivity index (χ0) is 18.4. The van der Waals surface area contributed by atoms with E-state index in [0.717, 1.165) is 0 Å². The van der Waals surface area contributed by atoms with E-state index >= 15 is 0 Å². The quantitative estimate of drug-likeness (QED) is 0.527. The molecule has 25 heavy (non-hydrogen) atoms. The molecule has 0 radical (unpaired) electrons. The number of aliphatic hydroxyl groups is 3. The van der Waals surface area contributed by atoms with E-state index in [1.54, 1.807) is 36.4 Å². The molecule has 0 spiro atoms. The van der Waals surface area contributed by atoms with Gasteiger partial charge < -0.3 is 20.4 Å². The Hall–Kier alpha value is -2.54. The number of hydrogen-bond acceptors (Lipinski definition) is 5. The average Bonchev–Trinajstić information content (AvgIpc) is 2.66. The van der Waals surface area contributed by atoms with E-state index in [-0.39, 0.29) is 16.9 Å². The summed E-state index contributed by atoms with van der Waals surface area (Å²) in [6, 6.07) is 14.4. The van der Waals surface area contributed by atoms with Crippen molar-refractivity contribution in [1.29, 1.82) is 0 Å². The molecule has 0 amide bonds. The Labute approximate surface area is 145 Å². The van der Waals surface area contributed by atoms with Crippen LogP contribution in [0.4, 0.5) is 0 Å². The van der Waals surface area contributed by atoms with Gasteiger partial charge in [0.1, 0.15) is 5.41 Å². The highest BCUT2D eigenvalue weighted by atomic mass is 16.4. The van der Waals surface area contributed by atoms with Gasteiger partial charge in [0.25, 0.3) is 0 Å². The predicted octanol–water partition coefficient (Wildman–Crippen LogP) is 0.833. The Bertz CT molecular complexity index is 739. The molecule has 0 bridgehead atoms. The second-order valence-electron chi connectivity index (χ2n) is 5.77. The lowest BCUT2D eigenvalue weighted by molar-refractivity contribution is -0.150. The number of carboxylic acids is 1. The molecule has 2 aromatic carbocycles. The lowest BCUT2D eigenvalue weighted by Crippen LogP contribution is -2.49. The molecule has 1 atom stereocenters.